The lowest BCUT2D eigenvalue weighted by Gasteiger charge is -2.07. The zero-order valence-electron chi connectivity index (χ0n) is 13.1. The number of rotatable bonds is 6. The first-order valence-electron chi connectivity index (χ1n) is 7.11. The first-order chi connectivity index (χ1) is 10.6. The van der Waals surface area contributed by atoms with Gasteiger partial charge in [-0.05, 0) is 49.2 Å². The molecule has 2 aromatic rings. The predicted octanol–water partition coefficient (Wildman–Crippen LogP) is 4.18. The van der Waals surface area contributed by atoms with Gasteiger partial charge in [-0.15, -0.1) is 0 Å². The van der Waals surface area contributed by atoms with Crippen LogP contribution in [0.2, 0.25) is 0 Å². The maximum Gasteiger partial charge on any atom is 0.188 e. The van der Waals surface area contributed by atoms with E-state index in [1.54, 1.807) is 25.3 Å². The van der Waals surface area contributed by atoms with E-state index in [1.807, 2.05) is 50.3 Å². The third-order valence-corrected chi connectivity index (χ3v) is 3.31. The molecular formula is C19H20O3. The second kappa shape index (κ2) is 7.57. The number of aryl methyl sites for hydroxylation is 2. The van der Waals surface area contributed by atoms with Crippen LogP contribution in [-0.4, -0.2) is 19.7 Å². The van der Waals surface area contributed by atoms with Gasteiger partial charge in [-0.2, -0.15) is 0 Å². The van der Waals surface area contributed by atoms with Crippen LogP contribution in [0.25, 0.3) is 6.08 Å². The number of ketones is 1. The van der Waals surface area contributed by atoms with Crippen LogP contribution in [0, 0.1) is 13.8 Å². The van der Waals surface area contributed by atoms with Gasteiger partial charge in [0.1, 0.15) is 5.75 Å². The fraction of sp³-hybridized carbons (Fsp3) is 0.211. The van der Waals surface area contributed by atoms with E-state index in [1.165, 1.54) is 5.56 Å². The van der Waals surface area contributed by atoms with Crippen molar-refractivity contribution in [2.24, 2.45) is 0 Å². The Morgan fingerprint density at radius 3 is 2.45 bits per heavy atom. The number of allylic oxidation sites excluding steroid dienone is 1. The Kier molecular flexibility index (Phi) is 5.50. The van der Waals surface area contributed by atoms with E-state index < -0.39 is 0 Å². The van der Waals surface area contributed by atoms with Crippen molar-refractivity contribution in [3.8, 4) is 5.75 Å². The maximum atomic E-state index is 12.3. The Balaban J connectivity index is 2.10. The summed E-state index contributed by atoms with van der Waals surface area (Å²) in [5.74, 6) is 0.676. The van der Waals surface area contributed by atoms with E-state index in [0.717, 1.165) is 11.1 Å². The predicted molar refractivity (Wildman–Crippen MR) is 88.2 cm³/mol. The summed E-state index contributed by atoms with van der Waals surface area (Å²) in [6.45, 7) is 4.13. The summed E-state index contributed by atoms with van der Waals surface area (Å²) in [7, 11) is 1.57. The Hall–Kier alpha value is -2.39. The van der Waals surface area contributed by atoms with Gasteiger partial charge in [-0.3, -0.25) is 4.79 Å². The Bertz CT molecular complexity index is 670. The van der Waals surface area contributed by atoms with Crippen LogP contribution in [0.3, 0.4) is 0 Å². The van der Waals surface area contributed by atoms with E-state index in [-0.39, 0.29) is 12.6 Å². The quantitative estimate of drug-likeness (QED) is 0.455. The van der Waals surface area contributed by atoms with Crippen LogP contribution >= 0.6 is 0 Å². The molecule has 22 heavy (non-hydrogen) atoms. The Morgan fingerprint density at radius 2 is 1.82 bits per heavy atom. The van der Waals surface area contributed by atoms with Crippen molar-refractivity contribution < 1.29 is 14.3 Å². The summed E-state index contributed by atoms with van der Waals surface area (Å²) in [4.78, 5) is 12.3. The average Bonchev–Trinajstić information content (AvgIpc) is 2.52. The van der Waals surface area contributed by atoms with Crippen LogP contribution in [0.15, 0.2) is 48.5 Å². The van der Waals surface area contributed by atoms with Gasteiger partial charge in [0.15, 0.2) is 12.6 Å². The molecule has 0 spiro atoms. The fourth-order valence-electron chi connectivity index (χ4n) is 2.07. The molecule has 0 N–H and O–H groups in total. The lowest BCUT2D eigenvalue weighted by molar-refractivity contribution is 0.0511. The molecule has 0 amide bonds. The highest BCUT2D eigenvalue weighted by molar-refractivity contribution is 6.07. The van der Waals surface area contributed by atoms with Crippen molar-refractivity contribution >= 4 is 11.9 Å². The van der Waals surface area contributed by atoms with Gasteiger partial charge in [0, 0.05) is 12.7 Å². The number of ether oxygens (including phenoxy) is 2. The molecule has 0 unspecified atom stereocenters. The highest BCUT2D eigenvalue weighted by atomic mass is 16.7. The van der Waals surface area contributed by atoms with Crippen molar-refractivity contribution in [3.05, 3.63) is 70.8 Å². The van der Waals surface area contributed by atoms with Gasteiger partial charge in [-0.1, -0.05) is 35.9 Å². The SMILES string of the molecule is COCOc1ccc(C(=O)/C=C/c2ccc(C)cc2)c(C)c1. The summed E-state index contributed by atoms with van der Waals surface area (Å²) < 4.78 is 10.2. The van der Waals surface area contributed by atoms with Gasteiger partial charge in [0.25, 0.3) is 0 Å². The zero-order valence-corrected chi connectivity index (χ0v) is 13.1. The van der Waals surface area contributed by atoms with Gasteiger partial charge in [0.2, 0.25) is 0 Å². The van der Waals surface area contributed by atoms with Crippen LogP contribution in [0.1, 0.15) is 27.0 Å². The first kappa shape index (κ1) is 16.0. The number of hydrogen-bond donors (Lipinski definition) is 0. The summed E-state index contributed by atoms with van der Waals surface area (Å²) in [5, 5.41) is 0. The van der Waals surface area contributed by atoms with Crippen molar-refractivity contribution in [3.63, 3.8) is 0 Å². The Labute approximate surface area is 131 Å². The van der Waals surface area contributed by atoms with Gasteiger partial charge >= 0.3 is 0 Å². The minimum Gasteiger partial charge on any atom is -0.468 e. The molecule has 0 radical (unpaired) electrons. The molecule has 0 bridgehead atoms. The smallest absolute Gasteiger partial charge is 0.188 e. The van der Waals surface area contributed by atoms with Crippen LogP contribution in [-0.2, 0) is 4.74 Å². The van der Waals surface area contributed by atoms with Crippen LogP contribution in [0.4, 0.5) is 0 Å². The number of carbonyl (C=O) groups is 1. The van der Waals surface area contributed by atoms with Crippen molar-refractivity contribution in [2.45, 2.75) is 13.8 Å². The molecule has 0 aliphatic heterocycles. The lowest BCUT2D eigenvalue weighted by atomic mass is 10.0. The molecule has 0 aliphatic rings. The van der Waals surface area contributed by atoms with E-state index in [2.05, 4.69) is 0 Å². The molecule has 0 fully saturated rings. The molecule has 0 aromatic heterocycles. The van der Waals surface area contributed by atoms with Gasteiger partial charge in [-0.25, -0.2) is 0 Å². The maximum absolute atomic E-state index is 12.3. The van der Waals surface area contributed by atoms with Crippen molar-refractivity contribution in [1.82, 2.24) is 0 Å². The molecule has 0 heterocycles. The number of benzene rings is 2. The normalized spacial score (nSPS) is 10.9. The largest absolute Gasteiger partial charge is 0.468 e. The van der Waals surface area contributed by atoms with E-state index in [9.17, 15) is 4.79 Å². The summed E-state index contributed by atoms with van der Waals surface area (Å²) >= 11 is 0. The van der Waals surface area contributed by atoms with Crippen LogP contribution in [0.5, 0.6) is 5.75 Å². The van der Waals surface area contributed by atoms with E-state index >= 15 is 0 Å². The van der Waals surface area contributed by atoms with Gasteiger partial charge < -0.3 is 9.47 Å². The van der Waals surface area contributed by atoms with Crippen molar-refractivity contribution in [1.29, 1.82) is 0 Å². The fourth-order valence-corrected chi connectivity index (χ4v) is 2.07. The molecule has 2 aromatic carbocycles. The monoisotopic (exact) mass is 296 g/mol. The topological polar surface area (TPSA) is 35.5 Å². The van der Waals surface area contributed by atoms with Gasteiger partial charge in [0.05, 0.1) is 0 Å². The number of hydrogen-bond acceptors (Lipinski definition) is 3. The molecule has 0 saturated carbocycles. The van der Waals surface area contributed by atoms with E-state index in [0.29, 0.717) is 11.3 Å². The standard InChI is InChI=1S/C19H20O3/c1-14-4-6-16(7-5-14)8-11-19(20)18-10-9-17(12-15(18)2)22-13-21-3/h4-12H,13H2,1-3H3/b11-8+. The summed E-state index contributed by atoms with van der Waals surface area (Å²) in [6.07, 6.45) is 3.43. The molecule has 0 atom stereocenters. The highest BCUT2D eigenvalue weighted by Gasteiger charge is 2.07. The molecule has 3 nitrogen and oxygen atoms in total. The first-order valence-corrected chi connectivity index (χ1v) is 7.11. The second-order valence-electron chi connectivity index (χ2n) is 5.14. The summed E-state index contributed by atoms with van der Waals surface area (Å²) in [6, 6.07) is 13.4. The third-order valence-electron chi connectivity index (χ3n) is 3.31. The zero-order chi connectivity index (χ0) is 15.9. The second-order valence-corrected chi connectivity index (χ2v) is 5.14. The van der Waals surface area contributed by atoms with Crippen molar-refractivity contribution in [2.75, 3.05) is 13.9 Å². The third kappa shape index (κ3) is 4.30. The average molecular weight is 296 g/mol. The molecule has 0 aliphatic carbocycles. The lowest BCUT2D eigenvalue weighted by Crippen LogP contribution is -2.02. The van der Waals surface area contributed by atoms with Crippen LogP contribution < -0.4 is 4.74 Å². The molecular weight excluding hydrogens is 276 g/mol. The summed E-state index contributed by atoms with van der Waals surface area (Å²) in [5.41, 5.74) is 3.77. The molecule has 3 heteroatoms. The minimum atomic E-state index is -0.0173. The molecule has 2 rings (SSSR count). The molecule has 0 saturated heterocycles. The highest BCUT2D eigenvalue weighted by Crippen LogP contribution is 2.18. The number of carbonyl (C=O) groups excluding carboxylic acids is 1. The van der Waals surface area contributed by atoms with E-state index in [4.69, 9.17) is 9.47 Å². The number of methoxy groups -OCH3 is 1. The molecule has 114 valence electrons. The Morgan fingerprint density at radius 1 is 1.09 bits per heavy atom. The minimum absolute atomic E-state index is 0.0173.